The van der Waals surface area contributed by atoms with E-state index in [2.05, 4.69) is 28.2 Å². The van der Waals surface area contributed by atoms with Gasteiger partial charge in [0.1, 0.15) is 0 Å². The summed E-state index contributed by atoms with van der Waals surface area (Å²) in [6, 6.07) is 4.41. The molecule has 1 aliphatic heterocycles. The summed E-state index contributed by atoms with van der Waals surface area (Å²) in [7, 11) is 1.56. The molecule has 0 radical (unpaired) electrons. The second kappa shape index (κ2) is 5.50. The van der Waals surface area contributed by atoms with E-state index >= 15 is 0 Å². The number of benzene rings is 1. The van der Waals surface area contributed by atoms with Gasteiger partial charge >= 0.3 is 0 Å². The number of methoxy groups -OCH3 is 1. The minimum atomic E-state index is 0.159. The first-order valence-electron chi connectivity index (χ1n) is 5.59. The maximum absolute atomic E-state index is 9.76. The summed E-state index contributed by atoms with van der Waals surface area (Å²) in [5, 5.41) is 13.6. The summed E-state index contributed by atoms with van der Waals surface area (Å²) in [4.78, 5) is 0. The zero-order valence-electron chi connectivity index (χ0n) is 9.87. The van der Waals surface area contributed by atoms with Crippen molar-refractivity contribution < 1.29 is 9.84 Å². The normalized spacial score (nSPS) is 23.9. The van der Waals surface area contributed by atoms with E-state index in [1.807, 2.05) is 23.9 Å². The number of phenols is 1. The molecule has 3 nitrogen and oxygen atoms in total. The van der Waals surface area contributed by atoms with Gasteiger partial charge in [0.25, 0.3) is 0 Å². The van der Waals surface area contributed by atoms with Gasteiger partial charge in [-0.05, 0) is 40.0 Å². The van der Waals surface area contributed by atoms with Gasteiger partial charge in [-0.3, -0.25) is 5.32 Å². The van der Waals surface area contributed by atoms with E-state index in [9.17, 15) is 5.11 Å². The van der Waals surface area contributed by atoms with Crippen LogP contribution in [0.25, 0.3) is 0 Å². The maximum atomic E-state index is 9.76. The van der Waals surface area contributed by atoms with Crippen LogP contribution in [0.2, 0.25) is 0 Å². The maximum Gasteiger partial charge on any atom is 0.172 e. The van der Waals surface area contributed by atoms with Crippen LogP contribution >= 0.6 is 27.7 Å². The molecule has 0 amide bonds. The van der Waals surface area contributed by atoms with Crippen LogP contribution in [0.3, 0.4) is 0 Å². The molecular weight excluding hydrogens is 302 g/mol. The third-order valence-electron chi connectivity index (χ3n) is 2.92. The average molecular weight is 318 g/mol. The zero-order chi connectivity index (χ0) is 12.4. The fourth-order valence-corrected chi connectivity index (χ4v) is 3.69. The lowest BCUT2D eigenvalue weighted by Gasteiger charge is -2.15. The number of rotatable bonds is 3. The van der Waals surface area contributed by atoms with Gasteiger partial charge in [-0.15, -0.1) is 11.8 Å². The Morgan fingerprint density at radius 1 is 1.59 bits per heavy atom. The Labute approximate surface area is 114 Å². The molecular formula is C12H16BrNO2S. The molecule has 1 saturated heterocycles. The largest absolute Gasteiger partial charge is 0.503 e. The summed E-state index contributed by atoms with van der Waals surface area (Å²) in [5.41, 5.74) is 1.13. The quantitative estimate of drug-likeness (QED) is 0.897. The molecule has 17 heavy (non-hydrogen) atoms. The zero-order valence-corrected chi connectivity index (χ0v) is 12.3. The highest BCUT2D eigenvalue weighted by molar-refractivity contribution is 9.10. The predicted molar refractivity (Wildman–Crippen MR) is 74.8 cm³/mol. The monoisotopic (exact) mass is 317 g/mol. The van der Waals surface area contributed by atoms with E-state index in [1.54, 1.807) is 7.11 Å². The van der Waals surface area contributed by atoms with E-state index in [-0.39, 0.29) is 11.1 Å². The van der Waals surface area contributed by atoms with Crippen molar-refractivity contribution in [3.63, 3.8) is 0 Å². The van der Waals surface area contributed by atoms with Crippen molar-refractivity contribution in [2.24, 2.45) is 0 Å². The van der Waals surface area contributed by atoms with Gasteiger partial charge in [0, 0.05) is 11.8 Å². The van der Waals surface area contributed by atoms with Crippen LogP contribution in [0.15, 0.2) is 16.6 Å². The lowest BCUT2D eigenvalue weighted by Crippen LogP contribution is -2.24. The molecule has 0 saturated carbocycles. The minimum absolute atomic E-state index is 0.159. The minimum Gasteiger partial charge on any atom is -0.503 e. The number of thioether (sulfide) groups is 1. The van der Waals surface area contributed by atoms with Crippen molar-refractivity contribution in [2.75, 3.05) is 12.9 Å². The molecule has 0 aliphatic carbocycles. The van der Waals surface area contributed by atoms with Crippen LogP contribution in [0.1, 0.15) is 24.3 Å². The Morgan fingerprint density at radius 2 is 2.35 bits per heavy atom. The Kier molecular flexibility index (Phi) is 4.22. The van der Waals surface area contributed by atoms with Crippen LogP contribution < -0.4 is 10.1 Å². The molecule has 1 fully saturated rings. The Morgan fingerprint density at radius 3 is 2.94 bits per heavy atom. The van der Waals surface area contributed by atoms with Gasteiger partial charge in [0.15, 0.2) is 11.5 Å². The van der Waals surface area contributed by atoms with Gasteiger partial charge in [-0.25, -0.2) is 0 Å². The number of nitrogens with one attached hydrogen (secondary N) is 1. The molecule has 2 unspecified atom stereocenters. The van der Waals surface area contributed by atoms with Crippen molar-refractivity contribution in [3.05, 3.63) is 22.2 Å². The van der Waals surface area contributed by atoms with Crippen molar-refractivity contribution in [1.82, 2.24) is 5.32 Å². The highest BCUT2D eigenvalue weighted by atomic mass is 79.9. The highest BCUT2D eigenvalue weighted by Crippen LogP contribution is 2.41. The van der Waals surface area contributed by atoms with Crippen molar-refractivity contribution in [1.29, 1.82) is 0 Å². The number of hydrogen-bond donors (Lipinski definition) is 2. The Balaban J connectivity index is 2.25. The summed E-state index contributed by atoms with van der Waals surface area (Å²) >= 11 is 5.24. The number of halogens is 1. The third kappa shape index (κ3) is 2.72. The topological polar surface area (TPSA) is 41.5 Å². The summed E-state index contributed by atoms with van der Waals surface area (Å²) in [6.45, 7) is 2.19. The van der Waals surface area contributed by atoms with Gasteiger partial charge in [0.05, 0.1) is 17.0 Å². The number of ether oxygens (including phenoxy) is 1. The molecule has 0 aromatic heterocycles. The van der Waals surface area contributed by atoms with Crippen LogP contribution in [-0.4, -0.2) is 24.0 Å². The highest BCUT2D eigenvalue weighted by Gasteiger charge is 2.25. The summed E-state index contributed by atoms with van der Waals surface area (Å²) in [6.07, 6.45) is 1.14. The number of aromatic hydroxyl groups is 1. The smallest absolute Gasteiger partial charge is 0.172 e. The van der Waals surface area contributed by atoms with Crippen molar-refractivity contribution >= 4 is 27.7 Å². The first-order chi connectivity index (χ1) is 8.15. The molecule has 1 aromatic rings. The van der Waals surface area contributed by atoms with E-state index < -0.39 is 0 Å². The molecule has 2 rings (SSSR count). The number of phenolic OH excluding ortho intramolecular Hbond substituents is 1. The molecule has 5 heteroatoms. The molecule has 94 valence electrons. The molecule has 1 aliphatic rings. The van der Waals surface area contributed by atoms with Crippen molar-refractivity contribution in [2.45, 2.75) is 24.8 Å². The van der Waals surface area contributed by atoms with Gasteiger partial charge < -0.3 is 9.84 Å². The van der Waals surface area contributed by atoms with Crippen LogP contribution in [0.4, 0.5) is 0 Å². The lowest BCUT2D eigenvalue weighted by atomic mass is 10.1. The van der Waals surface area contributed by atoms with Gasteiger partial charge in [0.2, 0.25) is 0 Å². The molecule has 1 heterocycles. The van der Waals surface area contributed by atoms with E-state index in [0.717, 1.165) is 17.7 Å². The van der Waals surface area contributed by atoms with Gasteiger partial charge in [-0.1, -0.05) is 6.92 Å². The predicted octanol–water partition coefficient (Wildman–Crippen LogP) is 3.28. The van der Waals surface area contributed by atoms with Gasteiger partial charge in [-0.2, -0.15) is 0 Å². The van der Waals surface area contributed by atoms with E-state index in [0.29, 0.717) is 16.3 Å². The second-order valence-electron chi connectivity index (χ2n) is 4.04. The SMILES string of the molecule is CCC1CSC(c2cc(Br)c(O)c(OC)c2)N1. The van der Waals surface area contributed by atoms with Crippen LogP contribution in [-0.2, 0) is 0 Å². The third-order valence-corrected chi connectivity index (χ3v) is 4.86. The first kappa shape index (κ1) is 13.1. The van der Waals surface area contributed by atoms with E-state index in [1.165, 1.54) is 0 Å². The molecule has 0 bridgehead atoms. The average Bonchev–Trinajstić information content (AvgIpc) is 2.81. The van der Waals surface area contributed by atoms with Crippen molar-refractivity contribution in [3.8, 4) is 11.5 Å². The Hall–Kier alpha value is -0.390. The fraction of sp³-hybridized carbons (Fsp3) is 0.500. The lowest BCUT2D eigenvalue weighted by molar-refractivity contribution is 0.371. The molecule has 2 N–H and O–H groups in total. The van der Waals surface area contributed by atoms with E-state index in [4.69, 9.17) is 4.74 Å². The molecule has 2 atom stereocenters. The fourth-order valence-electron chi connectivity index (χ4n) is 1.85. The molecule has 1 aromatic carbocycles. The molecule has 0 spiro atoms. The first-order valence-corrected chi connectivity index (χ1v) is 7.44. The van der Waals surface area contributed by atoms with Crippen LogP contribution in [0.5, 0.6) is 11.5 Å². The summed E-state index contributed by atoms with van der Waals surface area (Å²) in [5.74, 6) is 1.80. The Bertz CT molecular complexity index is 414. The summed E-state index contributed by atoms with van der Waals surface area (Å²) < 4.78 is 5.84. The standard InChI is InChI=1S/C12H16BrNO2S/c1-3-8-6-17-12(14-8)7-4-9(13)11(15)10(5-7)16-2/h4-5,8,12,14-15H,3,6H2,1-2H3. The van der Waals surface area contributed by atoms with Crippen LogP contribution in [0, 0.1) is 0 Å². The second-order valence-corrected chi connectivity index (χ2v) is 6.03. The number of hydrogen-bond acceptors (Lipinski definition) is 4.